The smallest absolute Gasteiger partial charge is 0.317 e. The van der Waals surface area contributed by atoms with Crippen LogP contribution in [0.2, 0.25) is 0 Å². The second-order valence-corrected chi connectivity index (χ2v) is 4.92. The third-order valence-corrected chi connectivity index (χ3v) is 1.98. The summed E-state index contributed by atoms with van der Waals surface area (Å²) < 4.78 is 5.56. The molecule has 0 aromatic heterocycles. The van der Waals surface area contributed by atoms with Crippen molar-refractivity contribution in [3.05, 3.63) is 0 Å². The highest BCUT2D eigenvalue weighted by Crippen LogP contribution is 2.07. The van der Waals surface area contributed by atoms with E-state index < -0.39 is 5.97 Å². The Labute approximate surface area is 92.2 Å². The first-order valence-corrected chi connectivity index (χ1v) is 5.32. The molecule has 0 aromatic carbocycles. The fraction of sp³-hybridized carbons (Fsp3) is 0.909. The Hall–Kier alpha value is -0.610. The van der Waals surface area contributed by atoms with Crippen LogP contribution in [-0.4, -0.2) is 47.3 Å². The van der Waals surface area contributed by atoms with Gasteiger partial charge in [0.1, 0.15) is 0 Å². The lowest BCUT2D eigenvalue weighted by Crippen LogP contribution is -2.39. The SMILES string of the molecule is CC(C)N(CCOC(C)(C)C)CC(=O)O. The highest BCUT2D eigenvalue weighted by Gasteiger charge is 2.15. The zero-order chi connectivity index (χ0) is 12.1. The molecular formula is C11H23NO3. The van der Waals surface area contributed by atoms with Crippen LogP contribution in [0, 0.1) is 0 Å². The molecule has 15 heavy (non-hydrogen) atoms. The van der Waals surface area contributed by atoms with Gasteiger partial charge in [0.15, 0.2) is 0 Å². The second kappa shape index (κ2) is 6.08. The molecule has 0 spiro atoms. The van der Waals surface area contributed by atoms with E-state index in [9.17, 15) is 4.79 Å². The van der Waals surface area contributed by atoms with Gasteiger partial charge < -0.3 is 9.84 Å². The molecule has 0 saturated carbocycles. The first kappa shape index (κ1) is 14.4. The van der Waals surface area contributed by atoms with Gasteiger partial charge in [-0.25, -0.2) is 0 Å². The average Bonchev–Trinajstić information content (AvgIpc) is 1.99. The minimum Gasteiger partial charge on any atom is -0.480 e. The van der Waals surface area contributed by atoms with Crippen LogP contribution >= 0.6 is 0 Å². The van der Waals surface area contributed by atoms with Crippen molar-refractivity contribution in [2.75, 3.05) is 19.7 Å². The monoisotopic (exact) mass is 217 g/mol. The van der Waals surface area contributed by atoms with E-state index in [4.69, 9.17) is 9.84 Å². The van der Waals surface area contributed by atoms with Crippen molar-refractivity contribution in [2.45, 2.75) is 46.3 Å². The minimum absolute atomic E-state index is 0.0746. The zero-order valence-corrected chi connectivity index (χ0v) is 10.4. The summed E-state index contributed by atoms with van der Waals surface area (Å²) in [5, 5.41) is 8.71. The van der Waals surface area contributed by atoms with Gasteiger partial charge in [-0.15, -0.1) is 0 Å². The molecule has 0 unspecified atom stereocenters. The summed E-state index contributed by atoms with van der Waals surface area (Å²) in [6.07, 6.45) is 0. The topological polar surface area (TPSA) is 49.8 Å². The quantitative estimate of drug-likeness (QED) is 0.734. The molecule has 0 fully saturated rings. The number of carboxylic acid groups (broad SMARTS) is 1. The molecule has 90 valence electrons. The van der Waals surface area contributed by atoms with Gasteiger partial charge in [-0.3, -0.25) is 9.69 Å². The number of ether oxygens (including phenoxy) is 1. The third-order valence-electron chi connectivity index (χ3n) is 1.98. The fourth-order valence-corrected chi connectivity index (χ4v) is 1.16. The summed E-state index contributed by atoms with van der Waals surface area (Å²) in [6.45, 7) is 11.2. The lowest BCUT2D eigenvalue weighted by molar-refractivity contribution is -0.139. The number of carbonyl (C=O) groups is 1. The Balaban J connectivity index is 3.92. The van der Waals surface area contributed by atoms with E-state index >= 15 is 0 Å². The van der Waals surface area contributed by atoms with Crippen molar-refractivity contribution in [1.29, 1.82) is 0 Å². The Morgan fingerprint density at radius 3 is 2.27 bits per heavy atom. The van der Waals surface area contributed by atoms with Gasteiger partial charge in [0, 0.05) is 12.6 Å². The van der Waals surface area contributed by atoms with Gasteiger partial charge in [-0.2, -0.15) is 0 Å². The number of nitrogens with zero attached hydrogens (tertiary/aromatic N) is 1. The molecule has 0 radical (unpaired) electrons. The van der Waals surface area contributed by atoms with Crippen LogP contribution in [0.25, 0.3) is 0 Å². The molecule has 0 heterocycles. The van der Waals surface area contributed by atoms with Gasteiger partial charge in [-0.1, -0.05) is 0 Å². The van der Waals surface area contributed by atoms with Crippen LogP contribution in [0.3, 0.4) is 0 Å². The molecule has 0 saturated heterocycles. The summed E-state index contributed by atoms with van der Waals surface area (Å²) in [5.74, 6) is -0.792. The molecule has 0 bridgehead atoms. The average molecular weight is 217 g/mol. The Bertz CT molecular complexity index is 196. The molecular weight excluding hydrogens is 194 g/mol. The van der Waals surface area contributed by atoms with Crippen LogP contribution in [-0.2, 0) is 9.53 Å². The lowest BCUT2D eigenvalue weighted by atomic mass is 10.2. The van der Waals surface area contributed by atoms with E-state index in [-0.39, 0.29) is 18.2 Å². The molecule has 4 heteroatoms. The summed E-state index contributed by atoms with van der Waals surface area (Å²) in [6, 6.07) is 0.227. The fourth-order valence-electron chi connectivity index (χ4n) is 1.16. The van der Waals surface area contributed by atoms with Crippen molar-refractivity contribution in [3.63, 3.8) is 0 Å². The van der Waals surface area contributed by atoms with Crippen LogP contribution < -0.4 is 0 Å². The molecule has 0 aromatic rings. The Kier molecular flexibility index (Phi) is 5.83. The molecule has 0 amide bonds. The van der Waals surface area contributed by atoms with E-state index in [1.165, 1.54) is 0 Å². The number of hydrogen-bond donors (Lipinski definition) is 1. The molecule has 0 atom stereocenters. The maximum atomic E-state index is 10.6. The van der Waals surface area contributed by atoms with E-state index in [1.807, 2.05) is 39.5 Å². The van der Waals surface area contributed by atoms with Crippen LogP contribution in [0.1, 0.15) is 34.6 Å². The molecule has 0 aliphatic carbocycles. The van der Waals surface area contributed by atoms with Gasteiger partial charge in [0.25, 0.3) is 0 Å². The van der Waals surface area contributed by atoms with Crippen molar-refractivity contribution in [2.24, 2.45) is 0 Å². The molecule has 0 aliphatic rings. The highest BCUT2D eigenvalue weighted by atomic mass is 16.5. The van der Waals surface area contributed by atoms with E-state index in [1.54, 1.807) is 0 Å². The largest absolute Gasteiger partial charge is 0.480 e. The van der Waals surface area contributed by atoms with Gasteiger partial charge in [-0.05, 0) is 34.6 Å². The Morgan fingerprint density at radius 2 is 1.93 bits per heavy atom. The first-order valence-electron chi connectivity index (χ1n) is 5.32. The minimum atomic E-state index is -0.792. The number of aliphatic carboxylic acids is 1. The predicted molar refractivity (Wildman–Crippen MR) is 60.0 cm³/mol. The van der Waals surface area contributed by atoms with Gasteiger partial charge in [0.2, 0.25) is 0 Å². The maximum absolute atomic E-state index is 10.6. The van der Waals surface area contributed by atoms with E-state index in [0.29, 0.717) is 13.2 Å². The third kappa shape index (κ3) is 8.39. The van der Waals surface area contributed by atoms with Crippen LogP contribution in [0.15, 0.2) is 0 Å². The van der Waals surface area contributed by atoms with E-state index in [2.05, 4.69) is 0 Å². The van der Waals surface area contributed by atoms with Crippen LogP contribution in [0.4, 0.5) is 0 Å². The molecule has 0 aliphatic heterocycles. The van der Waals surface area contributed by atoms with Gasteiger partial charge >= 0.3 is 5.97 Å². The van der Waals surface area contributed by atoms with Crippen LogP contribution in [0.5, 0.6) is 0 Å². The summed E-state index contributed by atoms with van der Waals surface area (Å²) in [7, 11) is 0. The van der Waals surface area contributed by atoms with Crippen molar-refractivity contribution in [3.8, 4) is 0 Å². The van der Waals surface area contributed by atoms with Crippen molar-refractivity contribution in [1.82, 2.24) is 4.90 Å². The highest BCUT2D eigenvalue weighted by molar-refractivity contribution is 5.69. The number of carboxylic acids is 1. The summed E-state index contributed by atoms with van der Waals surface area (Å²) in [4.78, 5) is 12.5. The molecule has 4 nitrogen and oxygen atoms in total. The second-order valence-electron chi connectivity index (χ2n) is 4.92. The predicted octanol–water partition coefficient (Wildman–Crippen LogP) is 1.60. The lowest BCUT2D eigenvalue weighted by Gasteiger charge is -2.27. The standard InChI is InChI=1S/C11H23NO3/c1-9(2)12(8-10(13)14)6-7-15-11(3,4)5/h9H,6-8H2,1-5H3,(H,13,14). The maximum Gasteiger partial charge on any atom is 0.317 e. The molecule has 1 N–H and O–H groups in total. The number of hydrogen-bond acceptors (Lipinski definition) is 3. The number of rotatable bonds is 6. The van der Waals surface area contributed by atoms with Gasteiger partial charge in [0.05, 0.1) is 18.8 Å². The van der Waals surface area contributed by atoms with Crippen molar-refractivity contribution < 1.29 is 14.6 Å². The zero-order valence-electron chi connectivity index (χ0n) is 10.4. The summed E-state index contributed by atoms with van der Waals surface area (Å²) in [5.41, 5.74) is -0.161. The first-order chi connectivity index (χ1) is 6.72. The van der Waals surface area contributed by atoms with Crippen molar-refractivity contribution >= 4 is 5.97 Å². The normalized spacial score (nSPS) is 12.5. The summed E-state index contributed by atoms with van der Waals surface area (Å²) >= 11 is 0. The molecule has 0 rings (SSSR count). The Morgan fingerprint density at radius 1 is 1.40 bits per heavy atom. The van der Waals surface area contributed by atoms with E-state index in [0.717, 1.165) is 0 Å².